The van der Waals surface area contributed by atoms with Crippen molar-refractivity contribution < 1.29 is 19.4 Å². The fourth-order valence-electron chi connectivity index (χ4n) is 5.02. The third kappa shape index (κ3) is 7.25. The van der Waals surface area contributed by atoms with Crippen molar-refractivity contribution in [3.63, 3.8) is 0 Å². The molecule has 0 aliphatic heterocycles. The van der Waals surface area contributed by atoms with Gasteiger partial charge in [-0.3, -0.25) is 4.98 Å². The van der Waals surface area contributed by atoms with Gasteiger partial charge in [0.05, 0.1) is 12.8 Å². The summed E-state index contributed by atoms with van der Waals surface area (Å²) in [5.41, 5.74) is 5.35. The first-order valence-electron chi connectivity index (χ1n) is 14.7. The third-order valence-corrected chi connectivity index (χ3v) is 8.68. The van der Waals surface area contributed by atoms with E-state index >= 15 is 0 Å². The Bertz CT molecular complexity index is 1740. The van der Waals surface area contributed by atoms with Crippen LogP contribution in [-0.4, -0.2) is 37.5 Å². The zero-order valence-electron chi connectivity index (χ0n) is 26.2. The van der Waals surface area contributed by atoms with E-state index in [-0.39, 0.29) is 4.75 Å². The van der Waals surface area contributed by atoms with Gasteiger partial charge >= 0.3 is 5.97 Å². The highest BCUT2D eigenvalue weighted by molar-refractivity contribution is 8.00. The lowest BCUT2D eigenvalue weighted by molar-refractivity contribution is -0.146. The molecular formula is C36H40N3O4S+. The molecule has 0 saturated carbocycles. The van der Waals surface area contributed by atoms with Crippen LogP contribution in [0.4, 0.5) is 0 Å². The Kier molecular flexibility index (Phi) is 9.02. The normalized spacial score (nSPS) is 12.0. The van der Waals surface area contributed by atoms with Gasteiger partial charge in [-0.25, -0.2) is 4.98 Å². The average molecular weight is 611 g/mol. The van der Waals surface area contributed by atoms with Crippen LogP contribution in [0.5, 0.6) is 11.6 Å². The molecule has 5 rings (SSSR count). The molecule has 8 heteroatoms. The molecule has 2 aromatic carbocycles. The summed E-state index contributed by atoms with van der Waals surface area (Å²) in [6.07, 6.45) is 4.03. The number of methoxy groups -OCH3 is 1. The largest absolute Gasteiger partial charge is 0.564 e. The van der Waals surface area contributed by atoms with Crippen molar-refractivity contribution in [2.24, 2.45) is 5.41 Å². The molecule has 3 heterocycles. The number of aromatic nitrogens is 3. The summed E-state index contributed by atoms with van der Waals surface area (Å²) in [4.78, 5) is 22.3. The molecule has 2 N–H and O–H groups in total. The number of fused-ring (bicyclic) bond motifs is 1. The van der Waals surface area contributed by atoms with Crippen LogP contribution < -0.4 is 9.47 Å². The van der Waals surface area contributed by atoms with E-state index in [1.54, 1.807) is 25.1 Å². The van der Waals surface area contributed by atoms with Crippen LogP contribution in [0.15, 0.2) is 90.1 Å². The number of hydrogen-bond acceptors (Lipinski definition) is 6. The summed E-state index contributed by atoms with van der Waals surface area (Å²) in [6, 6.07) is 24.3. The monoisotopic (exact) mass is 610 g/mol. The molecule has 3 aromatic heterocycles. The molecule has 7 nitrogen and oxygen atoms in total. The van der Waals surface area contributed by atoms with Gasteiger partial charge < -0.3 is 19.1 Å². The minimum Gasteiger partial charge on any atom is -0.564 e. The van der Waals surface area contributed by atoms with Gasteiger partial charge in [-0.15, -0.1) is 11.8 Å². The van der Waals surface area contributed by atoms with Gasteiger partial charge in [0.2, 0.25) is 5.88 Å². The Morgan fingerprint density at radius 1 is 0.932 bits per heavy atom. The van der Waals surface area contributed by atoms with E-state index in [9.17, 15) is 4.79 Å². The summed E-state index contributed by atoms with van der Waals surface area (Å²) < 4.78 is 13.6. The Balaban J connectivity index is 1.57. The maximum absolute atomic E-state index is 12.4. The third-order valence-electron chi connectivity index (χ3n) is 7.41. The molecule has 228 valence electrons. The topological polar surface area (TPSA) is 89.1 Å². The molecule has 5 aromatic rings. The second-order valence-corrected chi connectivity index (χ2v) is 14.4. The first-order valence-corrected chi connectivity index (χ1v) is 15.5. The van der Waals surface area contributed by atoms with E-state index in [0.717, 1.165) is 49.6 Å². The molecule has 0 amide bonds. The first kappa shape index (κ1) is 31.1. The molecule has 0 atom stereocenters. The first-order chi connectivity index (χ1) is 20.9. The number of benzene rings is 2. The maximum Gasteiger partial charge on any atom is 0.521 e. The van der Waals surface area contributed by atoms with E-state index in [0.29, 0.717) is 25.5 Å². The Morgan fingerprint density at radius 3 is 2.30 bits per heavy atom. The predicted octanol–water partition coefficient (Wildman–Crippen LogP) is 7.44. The standard InChI is InChI=1S/C36H39N3O4S/c1-35(2,3)44-33-29-19-28(43-23-27-9-7-8-18-37-27)15-16-30(29)39(31(33)20-36(4,5)34(40)41)22-24-10-12-25(13-11-24)26-14-17-32(42-6)38-21-26/h7-19,21H,20,22-23H2,1-6H3,(H,40,41)/p+1. The van der Waals surface area contributed by atoms with Gasteiger partial charge in [0.1, 0.15) is 17.8 Å². The number of carbonyl (C=O) groups is 1. The molecule has 0 fully saturated rings. The van der Waals surface area contributed by atoms with E-state index in [1.165, 1.54) is 0 Å². The molecule has 0 aliphatic rings. The summed E-state index contributed by atoms with van der Waals surface area (Å²) in [5.74, 6) is 0.773. The fourth-order valence-corrected chi connectivity index (χ4v) is 6.20. The second kappa shape index (κ2) is 12.7. The maximum atomic E-state index is 12.4. The van der Waals surface area contributed by atoms with Gasteiger partial charge in [-0.1, -0.05) is 51.1 Å². The number of hydrogen-bond donors (Lipinski definition) is 0. The lowest BCUT2D eigenvalue weighted by Crippen LogP contribution is -2.28. The van der Waals surface area contributed by atoms with E-state index < -0.39 is 11.4 Å². The molecule has 0 bridgehead atoms. The SMILES string of the molecule is COc1ccc(-c2ccc(Cn3c(CC(C)(C)C(=O)[OH2+])c(SC(C)(C)C)c4cc(OCc5ccccn5)ccc43)cc2)cn1. The van der Waals surface area contributed by atoms with Crippen LogP contribution in [0.2, 0.25) is 0 Å². The van der Waals surface area contributed by atoms with Crippen molar-refractivity contribution in [2.75, 3.05) is 7.11 Å². The lowest BCUT2D eigenvalue weighted by atomic mass is 9.88. The van der Waals surface area contributed by atoms with Crippen molar-refractivity contribution in [3.05, 3.63) is 102 Å². The molecule has 0 spiro atoms. The fraction of sp³-hybridized carbons (Fsp3) is 0.306. The van der Waals surface area contributed by atoms with Crippen LogP contribution in [0.1, 0.15) is 51.6 Å². The van der Waals surface area contributed by atoms with Gasteiger partial charge in [-0.2, -0.15) is 0 Å². The van der Waals surface area contributed by atoms with E-state index in [1.807, 2.05) is 56.4 Å². The Morgan fingerprint density at radius 2 is 1.68 bits per heavy atom. The average Bonchev–Trinajstić information content (AvgIpc) is 3.26. The summed E-state index contributed by atoms with van der Waals surface area (Å²) >= 11 is 1.79. The second-order valence-electron chi connectivity index (χ2n) is 12.5. The van der Waals surface area contributed by atoms with Gasteiger partial charge in [0.25, 0.3) is 0 Å². The number of nitrogens with zero attached hydrogens (tertiary/aromatic N) is 3. The van der Waals surface area contributed by atoms with Crippen molar-refractivity contribution in [1.82, 2.24) is 14.5 Å². The number of pyridine rings is 2. The zero-order valence-corrected chi connectivity index (χ0v) is 27.0. The summed E-state index contributed by atoms with van der Waals surface area (Å²) in [5, 5.41) is 9.09. The van der Waals surface area contributed by atoms with Crippen molar-refractivity contribution in [3.8, 4) is 22.8 Å². The molecule has 44 heavy (non-hydrogen) atoms. The van der Waals surface area contributed by atoms with Crippen molar-refractivity contribution in [2.45, 2.75) is 63.8 Å². The molecule has 0 unspecified atom stereocenters. The number of rotatable bonds is 11. The van der Waals surface area contributed by atoms with Crippen LogP contribution in [0, 0.1) is 5.41 Å². The molecule has 0 aliphatic carbocycles. The highest BCUT2D eigenvalue weighted by atomic mass is 32.2. The Hall–Kier alpha value is -4.30. The molecular weight excluding hydrogens is 570 g/mol. The van der Waals surface area contributed by atoms with Gasteiger partial charge in [-0.05, 0) is 61.4 Å². The Labute approximate surface area is 263 Å². The smallest absolute Gasteiger partial charge is 0.521 e. The van der Waals surface area contributed by atoms with Gasteiger partial charge in [0, 0.05) is 68.0 Å². The van der Waals surface area contributed by atoms with Crippen LogP contribution in [0.3, 0.4) is 0 Å². The minimum absolute atomic E-state index is 0.0815. The van der Waals surface area contributed by atoms with Crippen LogP contribution >= 0.6 is 11.8 Å². The highest BCUT2D eigenvalue weighted by Crippen LogP contribution is 2.44. The quantitative estimate of drug-likeness (QED) is 0.114. The molecule has 0 radical (unpaired) electrons. The summed E-state index contributed by atoms with van der Waals surface area (Å²) in [7, 11) is 1.61. The number of carbonyl (C=O) groups excluding carboxylic acids is 1. The van der Waals surface area contributed by atoms with Crippen LogP contribution in [-0.2, 0) is 24.4 Å². The molecule has 0 saturated heterocycles. The lowest BCUT2D eigenvalue weighted by Gasteiger charge is -2.22. The van der Waals surface area contributed by atoms with E-state index in [2.05, 4.69) is 71.7 Å². The van der Waals surface area contributed by atoms with Crippen molar-refractivity contribution in [1.29, 1.82) is 0 Å². The van der Waals surface area contributed by atoms with Crippen molar-refractivity contribution >= 4 is 28.6 Å². The zero-order chi connectivity index (χ0) is 31.5. The summed E-state index contributed by atoms with van der Waals surface area (Å²) in [6.45, 7) is 11.3. The highest BCUT2D eigenvalue weighted by Gasteiger charge is 2.38. The van der Waals surface area contributed by atoms with Crippen LogP contribution in [0.25, 0.3) is 22.0 Å². The number of ether oxygens (including phenoxy) is 2. The minimum atomic E-state index is -0.844. The van der Waals surface area contributed by atoms with E-state index in [4.69, 9.17) is 14.6 Å². The predicted molar refractivity (Wildman–Crippen MR) is 178 cm³/mol. The van der Waals surface area contributed by atoms with Gasteiger partial charge in [0.15, 0.2) is 0 Å². The number of thioether (sulfide) groups is 1.